The molecule has 18 heavy (non-hydrogen) atoms. The number of halogens is 1. The van der Waals surface area contributed by atoms with Gasteiger partial charge in [0.05, 0.1) is 6.04 Å². The van der Waals surface area contributed by atoms with Crippen molar-refractivity contribution in [2.24, 2.45) is 11.7 Å². The molecule has 0 aliphatic carbocycles. The van der Waals surface area contributed by atoms with Gasteiger partial charge in [-0.05, 0) is 18.8 Å². The van der Waals surface area contributed by atoms with Crippen molar-refractivity contribution in [3.63, 3.8) is 0 Å². The van der Waals surface area contributed by atoms with Gasteiger partial charge < -0.3 is 11.1 Å². The third kappa shape index (κ3) is 12.2. The lowest BCUT2D eigenvalue weighted by Gasteiger charge is -2.13. The fourth-order valence-electron chi connectivity index (χ4n) is 1.86. The third-order valence-electron chi connectivity index (χ3n) is 2.89. The Hall–Kier alpha value is -0.280. The lowest BCUT2D eigenvalue weighted by Crippen LogP contribution is -2.41. The lowest BCUT2D eigenvalue weighted by molar-refractivity contribution is -0.122. The number of nitrogens with two attached hydrogens (primary N) is 1. The number of carbonyl (C=O) groups excluding carboxylic acids is 1. The van der Waals surface area contributed by atoms with Gasteiger partial charge in [-0.2, -0.15) is 0 Å². The summed E-state index contributed by atoms with van der Waals surface area (Å²) in [4.78, 5) is 11.6. The van der Waals surface area contributed by atoms with Gasteiger partial charge in [0, 0.05) is 6.54 Å². The van der Waals surface area contributed by atoms with Gasteiger partial charge in [-0.1, -0.05) is 52.9 Å². The van der Waals surface area contributed by atoms with Crippen LogP contribution in [0.1, 0.15) is 65.7 Å². The number of rotatable bonds is 10. The summed E-state index contributed by atoms with van der Waals surface area (Å²) in [5, 5.41) is 2.91. The summed E-state index contributed by atoms with van der Waals surface area (Å²) in [6, 6.07) is -0.338. The van der Waals surface area contributed by atoms with Crippen LogP contribution in [0, 0.1) is 5.92 Å². The monoisotopic (exact) mass is 278 g/mol. The molecule has 1 atom stereocenters. The summed E-state index contributed by atoms with van der Waals surface area (Å²) in [6.45, 7) is 7.16. The fraction of sp³-hybridized carbons (Fsp3) is 0.929. The van der Waals surface area contributed by atoms with Crippen LogP contribution >= 0.6 is 12.4 Å². The lowest BCUT2D eigenvalue weighted by atomic mass is 10.0. The summed E-state index contributed by atoms with van der Waals surface area (Å²) >= 11 is 0. The van der Waals surface area contributed by atoms with Crippen molar-refractivity contribution >= 4 is 18.3 Å². The maximum Gasteiger partial charge on any atom is 0.236 e. The molecule has 0 radical (unpaired) electrons. The van der Waals surface area contributed by atoms with E-state index in [1.54, 1.807) is 0 Å². The van der Waals surface area contributed by atoms with E-state index >= 15 is 0 Å². The number of amides is 1. The average molecular weight is 279 g/mol. The zero-order valence-corrected chi connectivity index (χ0v) is 13.0. The first kappa shape index (κ1) is 20.0. The topological polar surface area (TPSA) is 55.1 Å². The highest BCUT2D eigenvalue weighted by Crippen LogP contribution is 2.05. The number of hydrogen-bond acceptors (Lipinski definition) is 2. The molecule has 0 bridgehead atoms. The van der Waals surface area contributed by atoms with Crippen LogP contribution in [-0.4, -0.2) is 18.5 Å². The fourth-order valence-corrected chi connectivity index (χ4v) is 1.86. The van der Waals surface area contributed by atoms with Crippen LogP contribution < -0.4 is 11.1 Å². The number of hydrogen-bond donors (Lipinski definition) is 2. The first-order chi connectivity index (χ1) is 8.07. The van der Waals surface area contributed by atoms with Crippen LogP contribution in [0.25, 0.3) is 0 Å². The van der Waals surface area contributed by atoms with Crippen molar-refractivity contribution in [3.05, 3.63) is 0 Å². The van der Waals surface area contributed by atoms with Gasteiger partial charge in [-0.25, -0.2) is 0 Å². The molecule has 0 saturated heterocycles. The molecule has 3 nitrogen and oxygen atoms in total. The van der Waals surface area contributed by atoms with E-state index in [0.29, 0.717) is 5.92 Å². The summed E-state index contributed by atoms with van der Waals surface area (Å²) < 4.78 is 0. The van der Waals surface area contributed by atoms with Crippen LogP contribution in [-0.2, 0) is 4.79 Å². The second-order valence-corrected chi connectivity index (χ2v) is 5.29. The molecule has 0 aliphatic heterocycles. The molecule has 0 saturated carbocycles. The predicted molar refractivity (Wildman–Crippen MR) is 81.1 cm³/mol. The van der Waals surface area contributed by atoms with Gasteiger partial charge in [-0.3, -0.25) is 4.79 Å². The zero-order valence-electron chi connectivity index (χ0n) is 12.2. The molecule has 0 spiro atoms. The molecule has 0 aromatic carbocycles. The van der Waals surface area contributed by atoms with Crippen LogP contribution in [0.15, 0.2) is 0 Å². The van der Waals surface area contributed by atoms with E-state index in [1.165, 1.54) is 32.1 Å². The number of unbranched alkanes of at least 4 members (excludes halogenated alkanes) is 5. The second-order valence-electron chi connectivity index (χ2n) is 5.29. The molecule has 1 unspecified atom stereocenters. The first-order valence-electron chi connectivity index (χ1n) is 7.11. The largest absolute Gasteiger partial charge is 0.355 e. The Bertz CT molecular complexity index is 198. The highest BCUT2D eigenvalue weighted by Gasteiger charge is 2.13. The number of carbonyl (C=O) groups is 1. The Labute approximate surface area is 119 Å². The highest BCUT2D eigenvalue weighted by molar-refractivity contribution is 5.85. The van der Waals surface area contributed by atoms with Gasteiger partial charge in [0.15, 0.2) is 0 Å². The van der Waals surface area contributed by atoms with Gasteiger partial charge in [0.25, 0.3) is 0 Å². The maximum atomic E-state index is 11.6. The van der Waals surface area contributed by atoms with Gasteiger partial charge in [0.2, 0.25) is 5.91 Å². The average Bonchev–Trinajstić information content (AvgIpc) is 2.26. The molecule has 0 aromatic heterocycles. The van der Waals surface area contributed by atoms with Gasteiger partial charge >= 0.3 is 0 Å². The van der Waals surface area contributed by atoms with E-state index in [4.69, 9.17) is 5.73 Å². The van der Waals surface area contributed by atoms with Crippen LogP contribution in [0.2, 0.25) is 0 Å². The molecule has 0 aromatic rings. The smallest absolute Gasteiger partial charge is 0.236 e. The minimum absolute atomic E-state index is 0. The molecule has 0 heterocycles. The SMILES string of the molecule is CCCCCCCCNC(=O)C(N)CC(C)C.Cl. The van der Waals surface area contributed by atoms with Crippen molar-refractivity contribution in [1.82, 2.24) is 5.32 Å². The van der Waals surface area contributed by atoms with Crippen molar-refractivity contribution in [2.75, 3.05) is 6.54 Å². The zero-order chi connectivity index (χ0) is 13.1. The van der Waals surface area contributed by atoms with Crippen molar-refractivity contribution in [3.8, 4) is 0 Å². The van der Waals surface area contributed by atoms with E-state index in [1.807, 2.05) is 0 Å². The van der Waals surface area contributed by atoms with E-state index in [0.717, 1.165) is 19.4 Å². The highest BCUT2D eigenvalue weighted by atomic mass is 35.5. The predicted octanol–water partition coefficient (Wildman–Crippen LogP) is 3.26. The van der Waals surface area contributed by atoms with Crippen LogP contribution in [0.5, 0.6) is 0 Å². The maximum absolute atomic E-state index is 11.6. The first-order valence-corrected chi connectivity index (χ1v) is 7.11. The van der Waals surface area contributed by atoms with Crippen molar-refractivity contribution < 1.29 is 4.79 Å². The molecule has 4 heteroatoms. The Balaban J connectivity index is 0. The Morgan fingerprint density at radius 3 is 2.22 bits per heavy atom. The van der Waals surface area contributed by atoms with Gasteiger partial charge in [0.1, 0.15) is 0 Å². The van der Waals surface area contributed by atoms with Crippen molar-refractivity contribution in [1.29, 1.82) is 0 Å². The van der Waals surface area contributed by atoms with E-state index in [2.05, 4.69) is 26.1 Å². The molecule has 0 fully saturated rings. The Morgan fingerprint density at radius 1 is 1.11 bits per heavy atom. The summed E-state index contributed by atoms with van der Waals surface area (Å²) in [7, 11) is 0. The van der Waals surface area contributed by atoms with E-state index < -0.39 is 0 Å². The quantitative estimate of drug-likeness (QED) is 0.603. The molecular weight excluding hydrogens is 248 g/mol. The third-order valence-corrected chi connectivity index (χ3v) is 2.89. The van der Waals surface area contributed by atoms with Gasteiger partial charge in [-0.15, -0.1) is 12.4 Å². The summed E-state index contributed by atoms with van der Waals surface area (Å²) in [6.07, 6.45) is 8.25. The number of nitrogens with one attached hydrogen (secondary N) is 1. The minimum atomic E-state index is -0.338. The summed E-state index contributed by atoms with van der Waals surface area (Å²) in [5.74, 6) is 0.483. The Kier molecular flexibility index (Phi) is 14.7. The molecule has 0 aliphatic rings. The van der Waals surface area contributed by atoms with Crippen molar-refractivity contribution in [2.45, 2.75) is 71.8 Å². The van der Waals surface area contributed by atoms with E-state index in [9.17, 15) is 4.79 Å². The molecule has 110 valence electrons. The van der Waals surface area contributed by atoms with Crippen LogP contribution in [0.3, 0.4) is 0 Å². The second kappa shape index (κ2) is 13.2. The summed E-state index contributed by atoms with van der Waals surface area (Å²) in [5.41, 5.74) is 5.79. The van der Waals surface area contributed by atoms with E-state index in [-0.39, 0.29) is 24.4 Å². The molecule has 3 N–H and O–H groups in total. The standard InChI is InChI=1S/C14H30N2O.ClH/c1-4-5-6-7-8-9-10-16-14(17)13(15)11-12(2)3;/h12-13H,4-11,15H2,1-3H3,(H,16,17);1H. The molecule has 1 amide bonds. The normalized spacial score (nSPS) is 12.1. The molecular formula is C14H31ClN2O. The molecule has 0 rings (SSSR count). The Morgan fingerprint density at radius 2 is 1.67 bits per heavy atom. The minimum Gasteiger partial charge on any atom is -0.355 e. The van der Waals surface area contributed by atoms with Crippen LogP contribution in [0.4, 0.5) is 0 Å².